The van der Waals surface area contributed by atoms with Crippen molar-refractivity contribution in [3.63, 3.8) is 0 Å². The lowest BCUT2D eigenvalue weighted by molar-refractivity contribution is 0.326. The van der Waals surface area contributed by atoms with Gasteiger partial charge < -0.3 is 9.42 Å². The number of aromatic nitrogens is 5. The zero-order valence-corrected chi connectivity index (χ0v) is 15.9. The van der Waals surface area contributed by atoms with E-state index >= 15 is 0 Å². The lowest BCUT2D eigenvalue weighted by Gasteiger charge is -2.33. The van der Waals surface area contributed by atoms with Crippen LogP contribution in [-0.4, -0.2) is 38.2 Å². The first kappa shape index (κ1) is 16.6. The number of fused-ring (bicyclic) bond motifs is 1. The minimum atomic E-state index is 0.290. The first-order chi connectivity index (χ1) is 14.3. The van der Waals surface area contributed by atoms with Crippen LogP contribution in [0.5, 0.6) is 0 Å². The lowest BCUT2D eigenvalue weighted by Crippen LogP contribution is -2.35. The third-order valence-electron chi connectivity index (χ3n) is 6.43. The molecule has 7 nitrogen and oxygen atoms in total. The maximum atomic E-state index is 5.62. The van der Waals surface area contributed by atoms with Gasteiger partial charge in [-0.3, -0.25) is 4.98 Å². The van der Waals surface area contributed by atoms with Crippen molar-refractivity contribution in [2.24, 2.45) is 5.41 Å². The number of rotatable bonds is 3. The molecule has 1 aliphatic carbocycles. The minimum Gasteiger partial charge on any atom is -0.356 e. The van der Waals surface area contributed by atoms with Gasteiger partial charge in [0.15, 0.2) is 0 Å². The zero-order valence-electron chi connectivity index (χ0n) is 15.9. The molecule has 1 atom stereocenters. The SMILES string of the molecule is c1cncc(-c2noc(C3CC34CCN(c3ncnc5ccccc35)CC4)n2)c1. The highest BCUT2D eigenvalue weighted by atomic mass is 16.5. The summed E-state index contributed by atoms with van der Waals surface area (Å²) in [6, 6.07) is 12.0. The Morgan fingerprint density at radius 2 is 1.93 bits per heavy atom. The maximum absolute atomic E-state index is 5.62. The van der Waals surface area contributed by atoms with Gasteiger partial charge in [-0.15, -0.1) is 0 Å². The number of benzene rings is 1. The predicted octanol–water partition coefficient (Wildman–Crippen LogP) is 3.85. The van der Waals surface area contributed by atoms with Crippen LogP contribution < -0.4 is 4.90 Å². The van der Waals surface area contributed by atoms with Crippen molar-refractivity contribution in [1.82, 2.24) is 25.1 Å². The van der Waals surface area contributed by atoms with Crippen LogP contribution in [-0.2, 0) is 0 Å². The van der Waals surface area contributed by atoms with Crippen LogP contribution in [0, 0.1) is 5.41 Å². The Hall–Kier alpha value is -3.35. The van der Waals surface area contributed by atoms with Crippen molar-refractivity contribution in [2.75, 3.05) is 18.0 Å². The maximum Gasteiger partial charge on any atom is 0.230 e. The summed E-state index contributed by atoms with van der Waals surface area (Å²) in [5.74, 6) is 2.80. The first-order valence-electron chi connectivity index (χ1n) is 10.0. The molecule has 7 heteroatoms. The van der Waals surface area contributed by atoms with E-state index in [1.165, 1.54) is 0 Å². The number of anilines is 1. The molecule has 1 saturated carbocycles. The van der Waals surface area contributed by atoms with Gasteiger partial charge in [0, 0.05) is 42.4 Å². The standard InChI is InChI=1S/C22H20N6O/c1-2-6-18-16(5-1)20(25-14-24-18)28-10-7-22(8-11-28)12-17(22)21-26-19(27-29-21)15-4-3-9-23-13-15/h1-6,9,13-14,17H,7-8,10-12H2. The molecular weight excluding hydrogens is 364 g/mol. The van der Waals surface area contributed by atoms with E-state index in [0.717, 1.165) is 60.5 Å². The molecule has 1 saturated heterocycles. The third kappa shape index (κ3) is 2.76. The summed E-state index contributed by atoms with van der Waals surface area (Å²) in [5, 5.41) is 5.29. The lowest BCUT2D eigenvalue weighted by atomic mass is 9.90. The van der Waals surface area contributed by atoms with E-state index in [-0.39, 0.29) is 5.41 Å². The Kier molecular flexibility index (Phi) is 3.62. The largest absolute Gasteiger partial charge is 0.356 e. The zero-order chi connectivity index (χ0) is 19.3. The predicted molar refractivity (Wildman–Crippen MR) is 108 cm³/mol. The Balaban J connectivity index is 1.18. The van der Waals surface area contributed by atoms with Gasteiger partial charge in [-0.2, -0.15) is 4.98 Å². The molecule has 29 heavy (non-hydrogen) atoms. The molecular formula is C22H20N6O. The quantitative estimate of drug-likeness (QED) is 0.531. The van der Waals surface area contributed by atoms with E-state index in [9.17, 15) is 0 Å². The molecule has 1 unspecified atom stereocenters. The van der Waals surface area contributed by atoms with Gasteiger partial charge >= 0.3 is 0 Å². The fraction of sp³-hybridized carbons (Fsp3) is 0.318. The van der Waals surface area contributed by atoms with Crippen LogP contribution in [0.2, 0.25) is 0 Å². The molecule has 0 amide bonds. The number of para-hydroxylation sites is 1. The molecule has 2 aliphatic rings. The van der Waals surface area contributed by atoms with Crippen molar-refractivity contribution in [3.05, 3.63) is 61.0 Å². The highest BCUT2D eigenvalue weighted by Crippen LogP contribution is 2.64. The summed E-state index contributed by atoms with van der Waals surface area (Å²) in [6.07, 6.45) is 8.53. The van der Waals surface area contributed by atoms with Crippen molar-refractivity contribution >= 4 is 16.7 Å². The molecule has 0 radical (unpaired) electrons. The smallest absolute Gasteiger partial charge is 0.230 e. The monoisotopic (exact) mass is 384 g/mol. The molecule has 4 heterocycles. The highest BCUT2D eigenvalue weighted by Gasteiger charge is 2.58. The Bertz CT molecular complexity index is 1160. The minimum absolute atomic E-state index is 0.290. The molecule has 1 aliphatic heterocycles. The van der Waals surface area contributed by atoms with Gasteiger partial charge in [0.25, 0.3) is 0 Å². The summed E-state index contributed by atoms with van der Waals surface area (Å²) in [4.78, 5) is 20.1. The molecule has 1 aromatic carbocycles. The van der Waals surface area contributed by atoms with Crippen molar-refractivity contribution < 1.29 is 4.52 Å². The molecule has 6 rings (SSSR count). The average Bonchev–Trinajstić information content (AvgIpc) is 3.25. The van der Waals surface area contributed by atoms with E-state index in [4.69, 9.17) is 4.52 Å². The number of piperidine rings is 1. The van der Waals surface area contributed by atoms with Gasteiger partial charge in [-0.1, -0.05) is 17.3 Å². The topological polar surface area (TPSA) is 80.8 Å². The van der Waals surface area contributed by atoms with Gasteiger partial charge in [0.05, 0.1) is 5.52 Å². The third-order valence-corrected chi connectivity index (χ3v) is 6.43. The number of hydrogen-bond donors (Lipinski definition) is 0. The summed E-state index contributed by atoms with van der Waals surface area (Å²) < 4.78 is 5.62. The van der Waals surface area contributed by atoms with Crippen molar-refractivity contribution in [3.8, 4) is 11.4 Å². The molecule has 4 aromatic rings. The molecule has 3 aromatic heterocycles. The second-order valence-electron chi connectivity index (χ2n) is 8.02. The summed E-state index contributed by atoms with van der Waals surface area (Å²) >= 11 is 0. The molecule has 0 bridgehead atoms. The normalized spacial score (nSPS) is 20.3. The highest BCUT2D eigenvalue weighted by molar-refractivity contribution is 5.89. The Morgan fingerprint density at radius 1 is 1.03 bits per heavy atom. The molecule has 144 valence electrons. The van der Waals surface area contributed by atoms with Gasteiger partial charge in [-0.05, 0) is 48.9 Å². The second-order valence-corrected chi connectivity index (χ2v) is 8.02. The van der Waals surface area contributed by atoms with Crippen LogP contribution in [0.3, 0.4) is 0 Å². The summed E-state index contributed by atoms with van der Waals surface area (Å²) in [5.41, 5.74) is 2.18. The van der Waals surface area contributed by atoms with Gasteiger partial charge in [-0.25, -0.2) is 9.97 Å². The van der Waals surface area contributed by atoms with E-state index in [0.29, 0.717) is 11.7 Å². The summed E-state index contributed by atoms with van der Waals surface area (Å²) in [7, 11) is 0. The number of hydrogen-bond acceptors (Lipinski definition) is 7. The van der Waals surface area contributed by atoms with Crippen LogP contribution >= 0.6 is 0 Å². The Labute approximate surface area is 167 Å². The van der Waals surface area contributed by atoms with E-state index < -0.39 is 0 Å². The van der Waals surface area contributed by atoms with E-state index in [1.807, 2.05) is 30.3 Å². The van der Waals surface area contributed by atoms with Crippen LogP contribution in [0.15, 0.2) is 59.6 Å². The molecule has 1 spiro atoms. The molecule has 2 fully saturated rings. The van der Waals surface area contributed by atoms with E-state index in [1.54, 1.807) is 18.7 Å². The van der Waals surface area contributed by atoms with E-state index in [2.05, 4.69) is 36.1 Å². The van der Waals surface area contributed by atoms with Crippen LogP contribution in [0.4, 0.5) is 5.82 Å². The average molecular weight is 384 g/mol. The fourth-order valence-electron chi connectivity index (χ4n) is 4.64. The van der Waals surface area contributed by atoms with Crippen molar-refractivity contribution in [1.29, 1.82) is 0 Å². The first-order valence-corrected chi connectivity index (χ1v) is 10.0. The summed E-state index contributed by atoms with van der Waals surface area (Å²) in [6.45, 7) is 1.97. The number of nitrogens with zero attached hydrogens (tertiary/aromatic N) is 6. The van der Waals surface area contributed by atoms with Crippen molar-refractivity contribution in [2.45, 2.75) is 25.2 Å². The van der Waals surface area contributed by atoms with Crippen LogP contribution in [0.25, 0.3) is 22.3 Å². The number of pyridine rings is 1. The van der Waals surface area contributed by atoms with Crippen LogP contribution in [0.1, 0.15) is 31.1 Å². The fourth-order valence-corrected chi connectivity index (χ4v) is 4.64. The van der Waals surface area contributed by atoms with Gasteiger partial charge in [0.1, 0.15) is 12.1 Å². The second kappa shape index (κ2) is 6.34. The molecule has 0 N–H and O–H groups in total. The Morgan fingerprint density at radius 3 is 2.79 bits per heavy atom. The van der Waals surface area contributed by atoms with Gasteiger partial charge in [0.2, 0.25) is 11.7 Å².